The van der Waals surface area contributed by atoms with E-state index in [1.165, 1.54) is 11.1 Å². The Labute approximate surface area is 190 Å². The highest BCUT2D eigenvalue weighted by Gasteiger charge is 2.40. The summed E-state index contributed by atoms with van der Waals surface area (Å²) >= 11 is 0. The molecule has 0 N–H and O–H groups in total. The lowest BCUT2D eigenvalue weighted by molar-refractivity contribution is -0.118. The van der Waals surface area contributed by atoms with Gasteiger partial charge in [-0.15, -0.1) is 0 Å². The van der Waals surface area contributed by atoms with Gasteiger partial charge in [0, 0.05) is 49.5 Å². The second kappa shape index (κ2) is 9.22. The molecule has 2 aliphatic heterocycles. The molecule has 32 heavy (non-hydrogen) atoms. The normalized spacial score (nSPS) is 26.3. The number of hydrogen-bond acceptors (Lipinski definition) is 3. The first-order chi connectivity index (χ1) is 15.7. The van der Waals surface area contributed by atoms with Crippen molar-refractivity contribution >= 4 is 12.0 Å². The highest BCUT2D eigenvalue weighted by atomic mass is 16.1. The predicted molar refractivity (Wildman–Crippen MR) is 130 cm³/mol. The second-order valence-electron chi connectivity index (χ2n) is 9.18. The van der Waals surface area contributed by atoms with Crippen molar-refractivity contribution in [2.75, 3.05) is 13.1 Å². The molecule has 0 bridgehead atoms. The van der Waals surface area contributed by atoms with E-state index in [-0.39, 0.29) is 23.5 Å². The van der Waals surface area contributed by atoms with Crippen LogP contribution < -0.4 is 0 Å². The quantitative estimate of drug-likeness (QED) is 0.630. The lowest BCUT2D eigenvalue weighted by Crippen LogP contribution is -2.40. The molecule has 2 heterocycles. The van der Waals surface area contributed by atoms with Crippen molar-refractivity contribution in [2.45, 2.75) is 25.8 Å². The van der Waals surface area contributed by atoms with Gasteiger partial charge in [0.1, 0.15) is 0 Å². The fourth-order valence-electron chi connectivity index (χ4n) is 5.37. The summed E-state index contributed by atoms with van der Waals surface area (Å²) in [6, 6.07) is 21.0. The Morgan fingerprint density at radius 3 is 2.47 bits per heavy atom. The molecule has 5 rings (SSSR count). The van der Waals surface area contributed by atoms with Crippen LogP contribution in [0.4, 0.5) is 0 Å². The summed E-state index contributed by atoms with van der Waals surface area (Å²) < 4.78 is 0. The summed E-state index contributed by atoms with van der Waals surface area (Å²) in [4.78, 5) is 21.1. The first-order valence-corrected chi connectivity index (χ1v) is 11.7. The van der Waals surface area contributed by atoms with Gasteiger partial charge < -0.3 is 0 Å². The van der Waals surface area contributed by atoms with Crippen LogP contribution in [0.1, 0.15) is 30.4 Å². The van der Waals surface area contributed by atoms with Crippen LogP contribution in [0.3, 0.4) is 0 Å². The Morgan fingerprint density at radius 2 is 1.72 bits per heavy atom. The molecule has 0 spiro atoms. The molecule has 0 radical (unpaired) electrons. The van der Waals surface area contributed by atoms with Gasteiger partial charge in [0.25, 0.3) is 0 Å². The van der Waals surface area contributed by atoms with Gasteiger partial charge >= 0.3 is 0 Å². The molecular weight excluding hydrogens is 392 g/mol. The van der Waals surface area contributed by atoms with Crippen molar-refractivity contribution in [3.05, 3.63) is 107 Å². The summed E-state index contributed by atoms with van der Waals surface area (Å²) in [5.74, 6) is 0.770. The monoisotopic (exact) mass is 422 g/mol. The topological polar surface area (TPSA) is 32.7 Å². The van der Waals surface area contributed by atoms with Crippen LogP contribution >= 0.6 is 0 Å². The van der Waals surface area contributed by atoms with Crippen LogP contribution in [0.15, 0.2) is 101 Å². The molecule has 2 aromatic carbocycles. The third kappa shape index (κ3) is 4.18. The zero-order valence-corrected chi connectivity index (χ0v) is 18.6. The van der Waals surface area contributed by atoms with Gasteiger partial charge in [-0.05, 0) is 23.0 Å². The SMILES string of the molecule is CC1C=CC=CC1C(c1ccccc1)C1C=NC2=C(CN(Cc3ccccc3)CC2)C1=O. The van der Waals surface area contributed by atoms with Crippen molar-refractivity contribution < 1.29 is 4.79 Å². The largest absolute Gasteiger partial charge is 0.294 e. The number of nitrogens with zero attached hydrogens (tertiary/aromatic N) is 2. The van der Waals surface area contributed by atoms with Crippen molar-refractivity contribution in [2.24, 2.45) is 22.7 Å². The highest BCUT2D eigenvalue weighted by Crippen LogP contribution is 2.42. The third-order valence-electron chi connectivity index (χ3n) is 7.09. The molecule has 0 fully saturated rings. The standard InChI is InChI=1S/C29H30N2O/c1-21-10-8-9-15-24(21)28(23-13-6-3-7-14-23)25-18-30-27-16-17-31(20-26(27)29(25)32)19-22-11-4-2-5-12-22/h2-15,18,21,24-25,28H,16-17,19-20H2,1H3. The minimum atomic E-state index is -0.226. The molecule has 3 aliphatic rings. The van der Waals surface area contributed by atoms with Crippen LogP contribution in [0.25, 0.3) is 0 Å². The van der Waals surface area contributed by atoms with Crippen LogP contribution in [-0.4, -0.2) is 30.0 Å². The smallest absolute Gasteiger partial charge is 0.171 e. The molecule has 3 nitrogen and oxygen atoms in total. The van der Waals surface area contributed by atoms with E-state index < -0.39 is 0 Å². The average Bonchev–Trinajstić information content (AvgIpc) is 2.83. The first-order valence-electron chi connectivity index (χ1n) is 11.7. The maximum atomic E-state index is 13.9. The van der Waals surface area contributed by atoms with Gasteiger partial charge in [-0.25, -0.2) is 0 Å². The number of benzene rings is 2. The number of rotatable bonds is 5. The van der Waals surface area contributed by atoms with Gasteiger partial charge in [-0.3, -0.25) is 14.7 Å². The molecule has 0 aromatic heterocycles. The zero-order chi connectivity index (χ0) is 21.9. The first kappa shape index (κ1) is 20.8. The minimum absolute atomic E-state index is 0.0854. The molecule has 1 aliphatic carbocycles. The Bertz CT molecular complexity index is 1080. The second-order valence-corrected chi connectivity index (χ2v) is 9.18. The van der Waals surface area contributed by atoms with E-state index in [1.54, 1.807) is 0 Å². The van der Waals surface area contributed by atoms with Crippen molar-refractivity contribution in [1.29, 1.82) is 0 Å². The van der Waals surface area contributed by atoms with Gasteiger partial charge in [0.2, 0.25) is 0 Å². The molecule has 4 unspecified atom stereocenters. The zero-order valence-electron chi connectivity index (χ0n) is 18.6. The van der Waals surface area contributed by atoms with E-state index in [4.69, 9.17) is 4.99 Å². The minimum Gasteiger partial charge on any atom is -0.294 e. The fourth-order valence-corrected chi connectivity index (χ4v) is 5.37. The van der Waals surface area contributed by atoms with Crippen LogP contribution in [-0.2, 0) is 11.3 Å². The van der Waals surface area contributed by atoms with E-state index in [9.17, 15) is 4.79 Å². The highest BCUT2D eigenvalue weighted by molar-refractivity contribution is 6.09. The summed E-state index contributed by atoms with van der Waals surface area (Å²) in [6.07, 6.45) is 11.6. The van der Waals surface area contributed by atoms with Gasteiger partial charge in [-0.2, -0.15) is 0 Å². The molecular formula is C29H30N2O. The lowest BCUT2D eigenvalue weighted by atomic mass is 9.68. The molecule has 4 atom stereocenters. The Balaban J connectivity index is 1.42. The average molecular weight is 423 g/mol. The number of ketones is 1. The number of Topliss-reactive ketones (excluding diaryl/α,β-unsaturated/α-hetero) is 1. The van der Waals surface area contributed by atoms with E-state index in [0.29, 0.717) is 12.5 Å². The molecule has 2 aromatic rings. The Morgan fingerprint density at radius 1 is 1.00 bits per heavy atom. The number of allylic oxidation sites excluding steroid dienone is 4. The van der Waals surface area contributed by atoms with Crippen LogP contribution in [0.2, 0.25) is 0 Å². The van der Waals surface area contributed by atoms with E-state index >= 15 is 0 Å². The number of carbonyl (C=O) groups excluding carboxylic acids is 1. The third-order valence-corrected chi connectivity index (χ3v) is 7.09. The Hall–Kier alpha value is -3.04. The van der Waals surface area contributed by atoms with Crippen molar-refractivity contribution in [3.63, 3.8) is 0 Å². The molecule has 0 saturated carbocycles. The number of hydrogen-bond donors (Lipinski definition) is 0. The van der Waals surface area contributed by atoms with Crippen molar-refractivity contribution in [3.8, 4) is 0 Å². The molecule has 0 amide bonds. The summed E-state index contributed by atoms with van der Waals surface area (Å²) in [5.41, 5.74) is 4.42. The van der Waals surface area contributed by atoms with Crippen molar-refractivity contribution in [1.82, 2.24) is 4.90 Å². The van der Waals surface area contributed by atoms with E-state index in [2.05, 4.69) is 84.7 Å². The Kier molecular flexibility index (Phi) is 6.00. The van der Waals surface area contributed by atoms with E-state index in [1.807, 2.05) is 18.3 Å². The van der Waals surface area contributed by atoms with Gasteiger partial charge in [0.05, 0.1) is 5.92 Å². The summed E-state index contributed by atoms with van der Waals surface area (Å²) in [5, 5.41) is 0. The molecule has 0 saturated heterocycles. The lowest BCUT2D eigenvalue weighted by Gasteiger charge is -2.37. The van der Waals surface area contributed by atoms with Gasteiger partial charge in [0.15, 0.2) is 5.78 Å². The number of aliphatic imine (C=N–C) groups is 1. The van der Waals surface area contributed by atoms with Crippen LogP contribution in [0, 0.1) is 17.8 Å². The molecule has 3 heteroatoms. The predicted octanol–water partition coefficient (Wildman–Crippen LogP) is 5.58. The maximum absolute atomic E-state index is 13.9. The summed E-state index contributed by atoms with van der Waals surface area (Å²) in [7, 11) is 0. The van der Waals surface area contributed by atoms with Crippen LogP contribution in [0.5, 0.6) is 0 Å². The maximum Gasteiger partial charge on any atom is 0.171 e. The summed E-state index contributed by atoms with van der Waals surface area (Å²) in [6.45, 7) is 4.75. The molecule has 162 valence electrons. The van der Waals surface area contributed by atoms with Gasteiger partial charge in [-0.1, -0.05) is 91.9 Å². The van der Waals surface area contributed by atoms with E-state index in [0.717, 1.165) is 30.8 Å². The fraction of sp³-hybridized carbons (Fsp3) is 0.310. The number of carbonyl (C=O) groups is 1.